The molecule has 0 aromatic heterocycles. The molecule has 8 heteroatoms. The zero-order valence-corrected chi connectivity index (χ0v) is 18.0. The van der Waals surface area contributed by atoms with Gasteiger partial charge in [0, 0.05) is 6.42 Å². The quantitative estimate of drug-likeness (QED) is 0.585. The van der Waals surface area contributed by atoms with Gasteiger partial charge < -0.3 is 0 Å². The first-order chi connectivity index (χ1) is 15.3. The molecule has 0 radical (unpaired) electrons. The van der Waals surface area contributed by atoms with E-state index in [2.05, 4.69) is 0 Å². The van der Waals surface area contributed by atoms with E-state index in [1.165, 1.54) is 24.3 Å². The van der Waals surface area contributed by atoms with E-state index in [0.29, 0.717) is 5.56 Å². The molecular formula is C24H20N2O5S. The number of fused-ring (bicyclic) bond motifs is 1. The molecular weight excluding hydrogens is 428 g/mol. The summed E-state index contributed by atoms with van der Waals surface area (Å²) in [6.07, 6.45) is -0.0262. The van der Waals surface area contributed by atoms with Crippen molar-refractivity contribution in [1.82, 2.24) is 9.62 Å². The molecule has 0 spiro atoms. The number of amides is 3. The molecule has 0 saturated carbocycles. The molecule has 1 aliphatic rings. The SMILES string of the molecule is Cc1ccc(S(=O)(=O)NC(=O)[C@H](Cc2ccccc2)N2C(=O)c3ccccc3C2=O)cc1. The summed E-state index contributed by atoms with van der Waals surface area (Å²) in [5.74, 6) is -2.22. The van der Waals surface area contributed by atoms with Crippen molar-refractivity contribution in [3.63, 3.8) is 0 Å². The van der Waals surface area contributed by atoms with E-state index in [1.807, 2.05) is 11.6 Å². The highest BCUT2D eigenvalue weighted by Gasteiger charge is 2.43. The lowest BCUT2D eigenvalue weighted by molar-refractivity contribution is -0.123. The Labute approximate surface area is 185 Å². The summed E-state index contributed by atoms with van der Waals surface area (Å²) in [7, 11) is -4.19. The largest absolute Gasteiger partial charge is 0.272 e. The highest BCUT2D eigenvalue weighted by molar-refractivity contribution is 7.90. The smallest absolute Gasteiger partial charge is 0.264 e. The number of carbonyl (C=O) groups is 3. The summed E-state index contributed by atoms with van der Waals surface area (Å²) in [5, 5.41) is 0. The van der Waals surface area contributed by atoms with Crippen molar-refractivity contribution in [3.8, 4) is 0 Å². The Morgan fingerprint density at radius 1 is 0.844 bits per heavy atom. The second kappa shape index (κ2) is 8.39. The van der Waals surface area contributed by atoms with Gasteiger partial charge in [-0.15, -0.1) is 0 Å². The lowest BCUT2D eigenvalue weighted by Gasteiger charge is -2.25. The summed E-state index contributed by atoms with van der Waals surface area (Å²) in [4.78, 5) is 39.9. The molecule has 1 aliphatic heterocycles. The van der Waals surface area contributed by atoms with Crippen LogP contribution in [-0.4, -0.2) is 37.1 Å². The second-order valence-electron chi connectivity index (χ2n) is 7.51. The molecule has 0 unspecified atom stereocenters. The van der Waals surface area contributed by atoms with E-state index in [4.69, 9.17) is 0 Å². The number of carbonyl (C=O) groups excluding carboxylic acids is 3. The van der Waals surface area contributed by atoms with Crippen LogP contribution in [0.5, 0.6) is 0 Å². The van der Waals surface area contributed by atoms with Crippen molar-refractivity contribution in [3.05, 3.63) is 101 Å². The molecule has 0 saturated heterocycles. The Hall–Kier alpha value is -3.78. The normalized spacial score (nSPS) is 14.2. The highest BCUT2D eigenvalue weighted by atomic mass is 32.2. The third-order valence-electron chi connectivity index (χ3n) is 5.28. The van der Waals surface area contributed by atoms with Gasteiger partial charge in [0.15, 0.2) is 0 Å². The summed E-state index contributed by atoms with van der Waals surface area (Å²) < 4.78 is 27.6. The zero-order chi connectivity index (χ0) is 22.9. The van der Waals surface area contributed by atoms with Crippen LogP contribution in [0.2, 0.25) is 0 Å². The standard InChI is InChI=1S/C24H20N2O5S/c1-16-11-13-18(14-12-16)32(30,31)25-22(27)21(15-17-7-3-2-4-8-17)26-23(28)19-9-5-6-10-20(19)24(26)29/h2-14,21H,15H2,1H3,(H,25,27)/t21-/m0/s1. The maximum atomic E-state index is 13.2. The van der Waals surface area contributed by atoms with Gasteiger partial charge in [-0.25, -0.2) is 13.1 Å². The van der Waals surface area contributed by atoms with Crippen LogP contribution in [0, 0.1) is 6.92 Å². The molecule has 1 heterocycles. The highest BCUT2D eigenvalue weighted by Crippen LogP contribution is 2.26. The molecule has 7 nitrogen and oxygen atoms in total. The summed E-state index contributed by atoms with van der Waals surface area (Å²) in [6.45, 7) is 1.81. The molecule has 3 amide bonds. The van der Waals surface area contributed by atoms with Crippen molar-refractivity contribution in [2.75, 3.05) is 0 Å². The minimum absolute atomic E-state index is 0.0262. The van der Waals surface area contributed by atoms with Gasteiger partial charge >= 0.3 is 0 Å². The second-order valence-corrected chi connectivity index (χ2v) is 9.20. The van der Waals surface area contributed by atoms with Crippen molar-refractivity contribution in [2.24, 2.45) is 0 Å². The minimum atomic E-state index is -4.19. The maximum absolute atomic E-state index is 13.2. The monoisotopic (exact) mass is 448 g/mol. The van der Waals surface area contributed by atoms with E-state index in [1.54, 1.807) is 54.6 Å². The maximum Gasteiger partial charge on any atom is 0.264 e. The Balaban J connectivity index is 1.69. The van der Waals surface area contributed by atoms with Crippen LogP contribution < -0.4 is 4.72 Å². The van der Waals surface area contributed by atoms with Gasteiger partial charge in [-0.05, 0) is 36.8 Å². The van der Waals surface area contributed by atoms with Gasteiger partial charge in [0.05, 0.1) is 16.0 Å². The van der Waals surface area contributed by atoms with Gasteiger partial charge in [-0.1, -0.05) is 60.2 Å². The lowest BCUT2D eigenvalue weighted by atomic mass is 10.0. The fourth-order valence-electron chi connectivity index (χ4n) is 3.61. The average Bonchev–Trinajstić information content (AvgIpc) is 3.03. The van der Waals surface area contributed by atoms with Crippen LogP contribution in [0.25, 0.3) is 0 Å². The number of rotatable bonds is 6. The number of hydrogen-bond acceptors (Lipinski definition) is 5. The van der Waals surface area contributed by atoms with Crippen molar-refractivity contribution in [1.29, 1.82) is 0 Å². The zero-order valence-electron chi connectivity index (χ0n) is 17.2. The molecule has 0 bridgehead atoms. The minimum Gasteiger partial charge on any atom is -0.272 e. The van der Waals surface area contributed by atoms with E-state index >= 15 is 0 Å². The molecule has 32 heavy (non-hydrogen) atoms. The third kappa shape index (κ3) is 4.04. The van der Waals surface area contributed by atoms with Gasteiger partial charge in [-0.3, -0.25) is 19.3 Å². The van der Waals surface area contributed by atoms with Crippen molar-refractivity contribution < 1.29 is 22.8 Å². The first-order valence-electron chi connectivity index (χ1n) is 9.92. The van der Waals surface area contributed by atoms with Crippen LogP contribution in [0.4, 0.5) is 0 Å². The lowest BCUT2D eigenvalue weighted by Crippen LogP contribution is -2.51. The summed E-state index contributed by atoms with van der Waals surface area (Å²) in [5.41, 5.74) is 1.91. The van der Waals surface area contributed by atoms with Crippen molar-refractivity contribution in [2.45, 2.75) is 24.3 Å². The first kappa shape index (κ1) is 21.5. The fourth-order valence-corrected chi connectivity index (χ4v) is 4.62. The number of imide groups is 1. The van der Waals surface area contributed by atoms with Gasteiger partial charge in [-0.2, -0.15) is 0 Å². The molecule has 1 N–H and O–H groups in total. The fraction of sp³-hybridized carbons (Fsp3) is 0.125. The molecule has 4 rings (SSSR count). The molecule has 0 fully saturated rings. The number of hydrogen-bond donors (Lipinski definition) is 1. The van der Waals surface area contributed by atoms with Crippen LogP contribution in [0.1, 0.15) is 31.8 Å². The van der Waals surface area contributed by atoms with Crippen LogP contribution in [0.3, 0.4) is 0 Å². The van der Waals surface area contributed by atoms with E-state index < -0.39 is 33.8 Å². The molecule has 3 aromatic rings. The van der Waals surface area contributed by atoms with Crippen LogP contribution in [0.15, 0.2) is 83.8 Å². The van der Waals surface area contributed by atoms with E-state index in [9.17, 15) is 22.8 Å². The Kier molecular flexibility index (Phi) is 5.63. The third-order valence-corrected chi connectivity index (χ3v) is 6.64. The van der Waals surface area contributed by atoms with E-state index in [-0.39, 0.29) is 22.4 Å². The first-order valence-corrected chi connectivity index (χ1v) is 11.4. The van der Waals surface area contributed by atoms with Crippen molar-refractivity contribution >= 4 is 27.7 Å². The van der Waals surface area contributed by atoms with E-state index in [0.717, 1.165) is 10.5 Å². The molecule has 162 valence electrons. The predicted molar refractivity (Wildman–Crippen MR) is 117 cm³/mol. The molecule has 3 aromatic carbocycles. The number of nitrogens with zero attached hydrogens (tertiary/aromatic N) is 1. The van der Waals surface area contributed by atoms with Gasteiger partial charge in [0.2, 0.25) is 0 Å². The average molecular weight is 449 g/mol. The van der Waals surface area contributed by atoms with Gasteiger partial charge in [0.25, 0.3) is 27.7 Å². The Morgan fingerprint density at radius 3 is 1.94 bits per heavy atom. The van der Waals surface area contributed by atoms with Gasteiger partial charge in [0.1, 0.15) is 6.04 Å². The number of sulfonamides is 1. The summed E-state index contributed by atoms with van der Waals surface area (Å²) in [6, 6.07) is 19.7. The molecule has 1 atom stereocenters. The summed E-state index contributed by atoms with van der Waals surface area (Å²) >= 11 is 0. The van der Waals surface area contributed by atoms with Crippen LogP contribution >= 0.6 is 0 Å². The topological polar surface area (TPSA) is 101 Å². The molecule has 0 aliphatic carbocycles. The van der Waals surface area contributed by atoms with Crippen LogP contribution in [-0.2, 0) is 21.2 Å². The Morgan fingerprint density at radius 2 is 1.38 bits per heavy atom. The Bertz CT molecular complexity index is 1270. The number of benzene rings is 3. The predicted octanol–water partition coefficient (Wildman–Crippen LogP) is 2.71. The number of nitrogens with one attached hydrogen (secondary N) is 1. The number of aryl methyl sites for hydroxylation is 1.